The summed E-state index contributed by atoms with van der Waals surface area (Å²) in [4.78, 5) is 4.33. The van der Waals surface area contributed by atoms with Gasteiger partial charge in [0.1, 0.15) is 12.0 Å². The summed E-state index contributed by atoms with van der Waals surface area (Å²) in [6.45, 7) is 8.89. The number of nitrogens with zero attached hydrogens (tertiary/aromatic N) is 2. The molecule has 31 heavy (non-hydrogen) atoms. The quantitative estimate of drug-likeness (QED) is 0.517. The molecule has 5 nitrogen and oxygen atoms in total. The standard InChI is InChI=1S/C21H24ClFN2O.C3H8O2/c1-3-4-10-24-14-17-9-11-25(15(17)2)21-8-6-18(26-21)12-16-5-7-19(22)20(23)13-16;1-3(2,4)5/h5,7,9-11,13-14,18,21H,2-4,6,8,12H2,1H3;4-5H,1-2H3/b17-14-,24-10?;. The summed E-state index contributed by atoms with van der Waals surface area (Å²) in [7, 11) is 0. The van der Waals surface area contributed by atoms with Crippen molar-refractivity contribution in [2.45, 2.75) is 71.0 Å². The van der Waals surface area contributed by atoms with E-state index in [0.717, 1.165) is 41.8 Å². The molecule has 0 aliphatic carbocycles. The van der Waals surface area contributed by atoms with Gasteiger partial charge >= 0.3 is 0 Å². The zero-order valence-electron chi connectivity index (χ0n) is 18.4. The Morgan fingerprint density at radius 3 is 2.68 bits per heavy atom. The molecule has 2 unspecified atom stereocenters. The van der Waals surface area contributed by atoms with Crippen molar-refractivity contribution in [2.24, 2.45) is 4.99 Å². The first kappa shape index (κ1) is 25.3. The number of unbranched alkanes of at least 4 members (excludes halogenated alkanes) is 1. The van der Waals surface area contributed by atoms with Crippen molar-refractivity contribution >= 4 is 30.6 Å². The number of halogens is 2. The van der Waals surface area contributed by atoms with Gasteiger partial charge in [-0.1, -0.05) is 37.6 Å². The maximum atomic E-state index is 13.6. The van der Waals surface area contributed by atoms with E-state index in [2.05, 4.69) is 23.1 Å². The summed E-state index contributed by atoms with van der Waals surface area (Å²) in [5.41, 5.74) is 0.902. The van der Waals surface area contributed by atoms with Crippen molar-refractivity contribution < 1.29 is 19.3 Å². The first-order chi connectivity index (χ1) is 14.6. The van der Waals surface area contributed by atoms with E-state index in [9.17, 15) is 4.39 Å². The van der Waals surface area contributed by atoms with Crippen molar-refractivity contribution in [1.29, 1.82) is 0 Å². The second kappa shape index (κ2) is 11.6. The van der Waals surface area contributed by atoms with Crippen molar-refractivity contribution in [2.75, 3.05) is 0 Å². The van der Waals surface area contributed by atoms with Gasteiger partial charge in [0.2, 0.25) is 0 Å². The molecule has 3 rings (SSSR count). The molecule has 0 bridgehead atoms. The minimum Gasteiger partial charge on any atom is -0.366 e. The maximum Gasteiger partial charge on any atom is 0.156 e. The van der Waals surface area contributed by atoms with Crippen LogP contribution in [-0.2, 0) is 11.2 Å². The molecule has 1 aliphatic heterocycles. The van der Waals surface area contributed by atoms with Crippen LogP contribution in [0.2, 0.25) is 5.02 Å². The average Bonchev–Trinajstić information content (AvgIpc) is 3.27. The van der Waals surface area contributed by atoms with Crippen LogP contribution in [0.3, 0.4) is 0 Å². The highest BCUT2D eigenvalue weighted by Gasteiger charge is 2.26. The van der Waals surface area contributed by atoms with Crippen LogP contribution in [0.5, 0.6) is 0 Å². The molecule has 1 saturated heterocycles. The Morgan fingerprint density at radius 1 is 1.32 bits per heavy atom. The zero-order valence-corrected chi connectivity index (χ0v) is 19.1. The normalized spacial score (nSPS) is 19.6. The minimum atomic E-state index is -1.50. The number of aliphatic hydroxyl groups is 2. The lowest BCUT2D eigenvalue weighted by atomic mass is 10.1. The van der Waals surface area contributed by atoms with Gasteiger partial charge in [0.05, 0.1) is 11.1 Å². The molecular weight excluding hydrogens is 419 g/mol. The van der Waals surface area contributed by atoms with Crippen LogP contribution in [0.25, 0.3) is 12.8 Å². The predicted octanol–water partition coefficient (Wildman–Crippen LogP) is 3.93. The van der Waals surface area contributed by atoms with Crippen molar-refractivity contribution in [3.05, 3.63) is 57.4 Å². The molecule has 2 aromatic rings. The molecule has 170 valence electrons. The Kier molecular flexibility index (Phi) is 9.44. The summed E-state index contributed by atoms with van der Waals surface area (Å²) in [5, 5.41) is 18.2. The fourth-order valence-corrected chi connectivity index (χ4v) is 3.31. The third-order valence-electron chi connectivity index (χ3n) is 4.64. The summed E-state index contributed by atoms with van der Waals surface area (Å²) in [6, 6.07) is 6.95. The van der Waals surface area contributed by atoms with Gasteiger partial charge in [-0.15, -0.1) is 0 Å². The Hall–Kier alpha value is -1.99. The molecule has 0 amide bonds. The smallest absolute Gasteiger partial charge is 0.156 e. The van der Waals surface area contributed by atoms with Crippen LogP contribution in [0.4, 0.5) is 4.39 Å². The molecule has 1 aromatic heterocycles. The van der Waals surface area contributed by atoms with Crippen LogP contribution in [0, 0.1) is 5.82 Å². The Labute approximate surface area is 188 Å². The number of rotatable bonds is 6. The number of aliphatic imine (C=N–C) groups is 1. The molecule has 1 aromatic carbocycles. The van der Waals surface area contributed by atoms with E-state index in [0.29, 0.717) is 6.42 Å². The topological polar surface area (TPSA) is 67.0 Å². The highest BCUT2D eigenvalue weighted by molar-refractivity contribution is 6.30. The van der Waals surface area contributed by atoms with Gasteiger partial charge in [-0.05, 0) is 63.3 Å². The molecule has 1 aliphatic rings. The van der Waals surface area contributed by atoms with E-state index in [1.165, 1.54) is 19.9 Å². The van der Waals surface area contributed by atoms with Crippen LogP contribution in [0.1, 0.15) is 58.2 Å². The minimum absolute atomic E-state index is 0.0357. The Balaban J connectivity index is 0.000000614. The Bertz CT molecular complexity index is 976. The fraction of sp³-hybridized carbons (Fsp3) is 0.458. The van der Waals surface area contributed by atoms with Gasteiger partial charge in [0, 0.05) is 29.2 Å². The molecule has 2 heterocycles. The molecule has 2 atom stereocenters. The lowest BCUT2D eigenvalue weighted by Crippen LogP contribution is -2.30. The van der Waals surface area contributed by atoms with Crippen LogP contribution in [0.15, 0.2) is 35.5 Å². The van der Waals surface area contributed by atoms with E-state index in [-0.39, 0.29) is 23.2 Å². The molecule has 0 spiro atoms. The summed E-state index contributed by atoms with van der Waals surface area (Å²) in [6.07, 6.45) is 10.4. The van der Waals surface area contributed by atoms with Crippen molar-refractivity contribution in [1.82, 2.24) is 4.57 Å². The maximum absolute atomic E-state index is 13.6. The monoisotopic (exact) mass is 450 g/mol. The number of benzene rings is 1. The average molecular weight is 451 g/mol. The predicted molar refractivity (Wildman–Crippen MR) is 124 cm³/mol. The van der Waals surface area contributed by atoms with E-state index < -0.39 is 5.79 Å². The second-order valence-corrected chi connectivity index (χ2v) is 8.52. The van der Waals surface area contributed by atoms with Gasteiger partial charge < -0.3 is 19.5 Å². The van der Waals surface area contributed by atoms with E-state index >= 15 is 0 Å². The molecular formula is C24H32ClFN2O3. The molecule has 7 heteroatoms. The van der Waals surface area contributed by atoms with E-state index in [4.69, 9.17) is 26.6 Å². The molecule has 1 fully saturated rings. The van der Waals surface area contributed by atoms with Crippen LogP contribution in [-0.4, -0.2) is 32.9 Å². The summed E-state index contributed by atoms with van der Waals surface area (Å²) in [5.74, 6) is -1.88. The van der Waals surface area contributed by atoms with Gasteiger partial charge in [0.25, 0.3) is 0 Å². The molecule has 2 N–H and O–H groups in total. The van der Waals surface area contributed by atoms with E-state index in [1.54, 1.807) is 6.07 Å². The summed E-state index contributed by atoms with van der Waals surface area (Å²) >= 11 is 5.74. The SMILES string of the molecule is C=c1/c(=C\N=CCCC)ccn1C1CCC(Cc2ccc(Cl)c(F)c2)O1.CC(C)(O)O. The second-order valence-electron chi connectivity index (χ2n) is 8.11. The van der Waals surface area contributed by atoms with Crippen molar-refractivity contribution in [3.63, 3.8) is 0 Å². The van der Waals surface area contributed by atoms with E-state index in [1.807, 2.05) is 30.7 Å². The van der Waals surface area contributed by atoms with Gasteiger partial charge in [-0.25, -0.2) is 4.39 Å². The fourth-order valence-electron chi connectivity index (χ4n) is 3.19. The first-order valence-electron chi connectivity index (χ1n) is 10.5. The lowest BCUT2D eigenvalue weighted by Gasteiger charge is -2.16. The van der Waals surface area contributed by atoms with Gasteiger partial charge in [-0.3, -0.25) is 4.99 Å². The highest BCUT2D eigenvalue weighted by Crippen LogP contribution is 2.29. The summed E-state index contributed by atoms with van der Waals surface area (Å²) < 4.78 is 21.8. The number of aromatic nitrogens is 1. The highest BCUT2D eigenvalue weighted by atomic mass is 35.5. The zero-order chi connectivity index (χ0) is 23.0. The van der Waals surface area contributed by atoms with Crippen molar-refractivity contribution in [3.8, 4) is 0 Å². The number of hydrogen-bond donors (Lipinski definition) is 2. The van der Waals surface area contributed by atoms with Crippen LogP contribution >= 0.6 is 11.6 Å². The molecule has 0 saturated carbocycles. The van der Waals surface area contributed by atoms with Gasteiger partial charge in [0.15, 0.2) is 5.79 Å². The number of ether oxygens (including phenoxy) is 1. The van der Waals surface area contributed by atoms with Crippen LogP contribution < -0.4 is 10.6 Å². The third-order valence-corrected chi connectivity index (χ3v) is 4.95. The molecule has 0 radical (unpaired) electrons. The number of hydrogen-bond acceptors (Lipinski definition) is 4. The third kappa shape index (κ3) is 8.57. The van der Waals surface area contributed by atoms with Gasteiger partial charge in [-0.2, -0.15) is 0 Å². The Morgan fingerprint density at radius 2 is 2.03 bits per heavy atom. The largest absolute Gasteiger partial charge is 0.366 e. The first-order valence-corrected chi connectivity index (χ1v) is 10.9. The lowest BCUT2D eigenvalue weighted by molar-refractivity contribution is -0.127.